The fourth-order valence-electron chi connectivity index (χ4n) is 2.52. The van der Waals surface area contributed by atoms with Crippen molar-refractivity contribution in [1.29, 1.82) is 0 Å². The Hall–Kier alpha value is -2.14. The van der Waals surface area contributed by atoms with E-state index >= 15 is 0 Å². The zero-order chi connectivity index (χ0) is 14.2. The molecule has 0 bridgehead atoms. The molecule has 0 atom stereocenters. The largest absolute Gasteiger partial charge is 0.346 e. The van der Waals surface area contributed by atoms with Crippen molar-refractivity contribution in [2.75, 3.05) is 0 Å². The van der Waals surface area contributed by atoms with Gasteiger partial charge in [-0.1, -0.05) is 36.4 Å². The van der Waals surface area contributed by atoms with Crippen molar-refractivity contribution in [2.45, 2.75) is 25.4 Å². The molecule has 0 saturated heterocycles. The van der Waals surface area contributed by atoms with Crippen LogP contribution >= 0.6 is 11.3 Å². The van der Waals surface area contributed by atoms with E-state index in [1.807, 2.05) is 52.4 Å². The van der Waals surface area contributed by atoms with Crippen LogP contribution in [0.1, 0.15) is 24.4 Å². The maximum absolute atomic E-state index is 12.6. The van der Waals surface area contributed by atoms with E-state index in [4.69, 9.17) is 0 Å². The van der Waals surface area contributed by atoms with Gasteiger partial charge in [0, 0.05) is 6.04 Å². The van der Waals surface area contributed by atoms with Gasteiger partial charge in [0.05, 0.1) is 11.4 Å². The van der Waals surface area contributed by atoms with Gasteiger partial charge in [-0.15, -0.1) is 16.4 Å². The molecule has 0 unspecified atom stereocenters. The fraction of sp³-hybridized carbons (Fsp3) is 0.250. The molecule has 0 aliphatic heterocycles. The van der Waals surface area contributed by atoms with E-state index in [0.717, 1.165) is 29.1 Å². The zero-order valence-corrected chi connectivity index (χ0v) is 12.3. The molecule has 2 heterocycles. The number of hydrogen-bond acceptors (Lipinski definition) is 3. The van der Waals surface area contributed by atoms with Gasteiger partial charge in [-0.05, 0) is 29.9 Å². The van der Waals surface area contributed by atoms with Crippen molar-refractivity contribution in [2.24, 2.45) is 0 Å². The quantitative estimate of drug-likeness (QED) is 0.742. The van der Waals surface area contributed by atoms with Gasteiger partial charge >= 0.3 is 5.69 Å². The lowest BCUT2D eigenvalue weighted by molar-refractivity contribution is 0.626. The van der Waals surface area contributed by atoms with Gasteiger partial charge < -0.3 is 0 Å². The van der Waals surface area contributed by atoms with Crippen LogP contribution in [0.25, 0.3) is 10.7 Å². The van der Waals surface area contributed by atoms with Gasteiger partial charge in [0.15, 0.2) is 5.82 Å². The molecule has 1 fully saturated rings. The summed E-state index contributed by atoms with van der Waals surface area (Å²) >= 11 is 1.63. The highest BCUT2D eigenvalue weighted by molar-refractivity contribution is 7.13. The molecule has 3 aromatic rings. The molecule has 4 nitrogen and oxygen atoms in total. The molecular formula is C16H15N3OS. The van der Waals surface area contributed by atoms with Crippen molar-refractivity contribution >= 4 is 11.3 Å². The summed E-state index contributed by atoms with van der Waals surface area (Å²) in [5, 5.41) is 6.61. The maximum Gasteiger partial charge on any atom is 0.346 e. The summed E-state index contributed by atoms with van der Waals surface area (Å²) in [4.78, 5) is 13.7. The van der Waals surface area contributed by atoms with Crippen LogP contribution in [0.15, 0.2) is 52.6 Å². The Morgan fingerprint density at radius 2 is 1.95 bits per heavy atom. The molecular weight excluding hydrogens is 282 g/mol. The van der Waals surface area contributed by atoms with Crippen LogP contribution in [0.5, 0.6) is 0 Å². The lowest BCUT2D eigenvalue weighted by Gasteiger charge is -2.00. The maximum atomic E-state index is 12.6. The molecule has 0 amide bonds. The smallest absolute Gasteiger partial charge is 0.271 e. The van der Waals surface area contributed by atoms with Gasteiger partial charge in [0.1, 0.15) is 0 Å². The van der Waals surface area contributed by atoms with E-state index in [0.29, 0.717) is 12.6 Å². The standard InChI is InChI=1S/C16H15N3OS/c20-16-18(11-12-5-2-1-3-6-12)17-15(14-7-4-10-21-14)19(16)13-8-9-13/h1-7,10,13H,8-9,11H2. The molecule has 1 saturated carbocycles. The van der Waals surface area contributed by atoms with Crippen molar-refractivity contribution in [3.05, 3.63) is 63.9 Å². The summed E-state index contributed by atoms with van der Waals surface area (Å²) in [6.07, 6.45) is 2.16. The predicted octanol–water partition coefficient (Wildman–Crippen LogP) is 3.16. The second kappa shape index (κ2) is 5.00. The van der Waals surface area contributed by atoms with Crippen LogP contribution in [0, 0.1) is 0 Å². The average molecular weight is 297 g/mol. The minimum Gasteiger partial charge on any atom is -0.271 e. The Labute approximate surface area is 126 Å². The van der Waals surface area contributed by atoms with E-state index in [-0.39, 0.29) is 5.69 Å². The first-order chi connectivity index (χ1) is 10.3. The third-order valence-corrected chi connectivity index (χ3v) is 4.57. The number of benzene rings is 1. The van der Waals surface area contributed by atoms with Crippen molar-refractivity contribution < 1.29 is 0 Å². The van der Waals surface area contributed by atoms with Crippen LogP contribution in [0.4, 0.5) is 0 Å². The van der Waals surface area contributed by atoms with Gasteiger partial charge in [-0.3, -0.25) is 4.57 Å². The SMILES string of the molecule is O=c1n(Cc2ccccc2)nc(-c2cccs2)n1C1CC1. The number of aromatic nitrogens is 3. The van der Waals surface area contributed by atoms with Gasteiger partial charge in [0.2, 0.25) is 0 Å². The molecule has 1 aliphatic carbocycles. The van der Waals surface area contributed by atoms with Crippen molar-refractivity contribution in [1.82, 2.24) is 14.3 Å². The van der Waals surface area contributed by atoms with Crippen LogP contribution in [-0.2, 0) is 6.54 Å². The van der Waals surface area contributed by atoms with E-state index in [1.165, 1.54) is 0 Å². The van der Waals surface area contributed by atoms with Crippen molar-refractivity contribution in [3.63, 3.8) is 0 Å². The number of thiophene rings is 1. The first kappa shape index (κ1) is 12.6. The Morgan fingerprint density at radius 3 is 2.62 bits per heavy atom. The second-order valence-corrected chi connectivity index (χ2v) is 6.28. The Balaban J connectivity index is 1.78. The van der Waals surface area contributed by atoms with E-state index in [9.17, 15) is 4.79 Å². The van der Waals surface area contributed by atoms with Gasteiger partial charge in [-0.2, -0.15) is 0 Å². The third kappa shape index (κ3) is 2.34. The topological polar surface area (TPSA) is 39.8 Å². The molecule has 1 aliphatic rings. The van der Waals surface area contributed by atoms with Crippen LogP contribution in [0.2, 0.25) is 0 Å². The highest BCUT2D eigenvalue weighted by Crippen LogP contribution is 2.37. The summed E-state index contributed by atoms with van der Waals surface area (Å²) in [5.41, 5.74) is 1.10. The molecule has 0 N–H and O–H groups in total. The normalized spacial score (nSPS) is 14.5. The minimum atomic E-state index is 0.00440. The number of hydrogen-bond donors (Lipinski definition) is 0. The molecule has 2 aromatic heterocycles. The Kier molecular flexibility index (Phi) is 3.00. The molecule has 5 heteroatoms. The monoisotopic (exact) mass is 297 g/mol. The predicted molar refractivity (Wildman–Crippen MR) is 83.6 cm³/mol. The van der Waals surface area contributed by atoms with E-state index in [2.05, 4.69) is 5.10 Å². The number of nitrogens with zero attached hydrogens (tertiary/aromatic N) is 3. The summed E-state index contributed by atoms with van der Waals surface area (Å²) in [6.45, 7) is 0.526. The molecule has 106 valence electrons. The second-order valence-electron chi connectivity index (χ2n) is 5.33. The summed E-state index contributed by atoms with van der Waals surface area (Å²) in [5.74, 6) is 0.813. The average Bonchev–Trinajstić information content (AvgIpc) is 3.09. The molecule has 4 rings (SSSR count). The highest BCUT2D eigenvalue weighted by Gasteiger charge is 2.30. The Bertz CT molecular complexity index is 798. The van der Waals surface area contributed by atoms with Crippen molar-refractivity contribution in [3.8, 4) is 10.7 Å². The lowest BCUT2D eigenvalue weighted by atomic mass is 10.2. The fourth-order valence-corrected chi connectivity index (χ4v) is 3.22. The van der Waals surface area contributed by atoms with Gasteiger partial charge in [0.25, 0.3) is 0 Å². The summed E-state index contributed by atoms with van der Waals surface area (Å²) in [7, 11) is 0. The molecule has 0 radical (unpaired) electrons. The zero-order valence-electron chi connectivity index (χ0n) is 11.5. The first-order valence-corrected chi connectivity index (χ1v) is 7.98. The lowest BCUT2D eigenvalue weighted by Crippen LogP contribution is -2.25. The summed E-state index contributed by atoms with van der Waals surface area (Å²) in [6, 6.07) is 14.3. The van der Waals surface area contributed by atoms with Crippen LogP contribution in [0.3, 0.4) is 0 Å². The van der Waals surface area contributed by atoms with Crippen LogP contribution in [-0.4, -0.2) is 14.3 Å². The molecule has 0 spiro atoms. The highest BCUT2D eigenvalue weighted by atomic mass is 32.1. The van der Waals surface area contributed by atoms with E-state index in [1.54, 1.807) is 16.0 Å². The third-order valence-electron chi connectivity index (χ3n) is 3.70. The minimum absolute atomic E-state index is 0.00440. The summed E-state index contributed by atoms with van der Waals surface area (Å²) < 4.78 is 3.46. The first-order valence-electron chi connectivity index (χ1n) is 7.10. The Morgan fingerprint density at radius 1 is 1.14 bits per heavy atom. The number of rotatable bonds is 4. The van der Waals surface area contributed by atoms with Gasteiger partial charge in [-0.25, -0.2) is 9.48 Å². The molecule has 21 heavy (non-hydrogen) atoms. The van der Waals surface area contributed by atoms with E-state index < -0.39 is 0 Å². The van der Waals surface area contributed by atoms with Crippen LogP contribution < -0.4 is 5.69 Å². The molecule has 1 aromatic carbocycles.